The van der Waals surface area contributed by atoms with E-state index in [0.29, 0.717) is 17.2 Å². The predicted molar refractivity (Wildman–Crippen MR) is 107 cm³/mol. The van der Waals surface area contributed by atoms with Crippen LogP contribution in [0.1, 0.15) is 43.0 Å². The number of ether oxygens (including phenoxy) is 3. The maximum absolute atomic E-state index is 12.6. The fraction of sp³-hybridized carbons (Fsp3) is 0.409. The Bertz CT molecular complexity index is 788. The number of hydrogen-bond donors (Lipinski definition) is 1. The lowest BCUT2D eigenvalue weighted by Gasteiger charge is -2.22. The van der Waals surface area contributed by atoms with Crippen LogP contribution in [-0.4, -0.2) is 26.2 Å². The van der Waals surface area contributed by atoms with Gasteiger partial charge in [-0.05, 0) is 68.1 Å². The van der Waals surface area contributed by atoms with Gasteiger partial charge in [-0.15, -0.1) is 0 Å². The van der Waals surface area contributed by atoms with Gasteiger partial charge in [-0.1, -0.05) is 19.1 Å². The summed E-state index contributed by atoms with van der Waals surface area (Å²) in [5.74, 6) is 1.84. The van der Waals surface area contributed by atoms with Crippen LogP contribution in [0, 0.1) is 13.8 Å². The van der Waals surface area contributed by atoms with Crippen LogP contribution < -0.4 is 19.5 Å². The fourth-order valence-corrected chi connectivity index (χ4v) is 2.82. The average molecular weight is 371 g/mol. The Labute approximate surface area is 161 Å². The van der Waals surface area contributed by atoms with Crippen molar-refractivity contribution in [1.29, 1.82) is 0 Å². The monoisotopic (exact) mass is 371 g/mol. The van der Waals surface area contributed by atoms with Gasteiger partial charge in [0.25, 0.3) is 5.91 Å². The van der Waals surface area contributed by atoms with Gasteiger partial charge in [0.05, 0.1) is 20.3 Å². The molecule has 5 nitrogen and oxygen atoms in total. The summed E-state index contributed by atoms with van der Waals surface area (Å²) in [5, 5.41) is 3.06. The summed E-state index contributed by atoms with van der Waals surface area (Å²) < 4.78 is 16.5. The molecule has 2 atom stereocenters. The summed E-state index contributed by atoms with van der Waals surface area (Å²) in [7, 11) is 3.20. The van der Waals surface area contributed by atoms with Gasteiger partial charge in [0.2, 0.25) is 0 Å². The second-order valence-electron chi connectivity index (χ2n) is 6.59. The molecule has 0 aliphatic carbocycles. The molecule has 2 rings (SSSR count). The van der Waals surface area contributed by atoms with Crippen molar-refractivity contribution in [3.05, 3.63) is 53.1 Å². The molecule has 0 bridgehead atoms. The Balaban J connectivity index is 2.08. The van der Waals surface area contributed by atoms with Gasteiger partial charge in [-0.2, -0.15) is 0 Å². The zero-order chi connectivity index (χ0) is 20.0. The molecule has 2 aromatic carbocycles. The third-order valence-electron chi connectivity index (χ3n) is 4.70. The van der Waals surface area contributed by atoms with Crippen molar-refractivity contribution in [2.75, 3.05) is 14.2 Å². The Kier molecular flexibility index (Phi) is 7.11. The first-order chi connectivity index (χ1) is 12.9. The second kappa shape index (κ2) is 9.31. The highest BCUT2D eigenvalue weighted by Gasteiger charge is 2.20. The lowest BCUT2D eigenvalue weighted by atomic mass is 10.0. The maximum Gasteiger partial charge on any atom is 0.261 e. The van der Waals surface area contributed by atoms with Crippen LogP contribution >= 0.6 is 0 Å². The van der Waals surface area contributed by atoms with Crippen molar-refractivity contribution in [2.45, 2.75) is 46.3 Å². The molecule has 0 aliphatic heterocycles. The van der Waals surface area contributed by atoms with E-state index in [4.69, 9.17) is 14.2 Å². The normalized spacial score (nSPS) is 12.8. The van der Waals surface area contributed by atoms with Crippen LogP contribution in [0.15, 0.2) is 36.4 Å². The molecule has 0 saturated heterocycles. The van der Waals surface area contributed by atoms with Crippen LogP contribution in [0.4, 0.5) is 0 Å². The van der Waals surface area contributed by atoms with Gasteiger partial charge in [0, 0.05) is 0 Å². The SMILES string of the molecule is CC[C@H](NC(=O)[C@H](C)Oc1ccc(C)c(C)c1)c1ccc(OC)c(OC)c1. The molecule has 2 aromatic rings. The smallest absolute Gasteiger partial charge is 0.261 e. The summed E-state index contributed by atoms with van der Waals surface area (Å²) in [4.78, 5) is 12.6. The van der Waals surface area contributed by atoms with E-state index in [1.165, 1.54) is 5.56 Å². The molecule has 0 aromatic heterocycles. The molecule has 5 heteroatoms. The number of rotatable bonds is 8. The molecular formula is C22H29NO4. The third-order valence-corrected chi connectivity index (χ3v) is 4.70. The molecule has 1 amide bonds. The van der Waals surface area contributed by atoms with E-state index in [1.54, 1.807) is 21.1 Å². The number of benzene rings is 2. The van der Waals surface area contributed by atoms with Gasteiger partial charge in [-0.25, -0.2) is 0 Å². The minimum Gasteiger partial charge on any atom is -0.493 e. The van der Waals surface area contributed by atoms with Crippen molar-refractivity contribution in [2.24, 2.45) is 0 Å². The van der Waals surface area contributed by atoms with E-state index in [2.05, 4.69) is 5.32 Å². The molecule has 0 radical (unpaired) electrons. The number of amides is 1. The Morgan fingerprint density at radius 1 is 1.00 bits per heavy atom. The van der Waals surface area contributed by atoms with E-state index < -0.39 is 6.10 Å². The molecule has 0 fully saturated rings. The van der Waals surface area contributed by atoms with E-state index in [-0.39, 0.29) is 11.9 Å². The van der Waals surface area contributed by atoms with Crippen LogP contribution in [0.2, 0.25) is 0 Å². The lowest BCUT2D eigenvalue weighted by Crippen LogP contribution is -2.38. The minimum atomic E-state index is -0.596. The summed E-state index contributed by atoms with van der Waals surface area (Å²) >= 11 is 0. The second-order valence-corrected chi connectivity index (χ2v) is 6.59. The van der Waals surface area contributed by atoms with Gasteiger partial charge in [0.1, 0.15) is 5.75 Å². The van der Waals surface area contributed by atoms with Crippen LogP contribution in [0.5, 0.6) is 17.2 Å². The first-order valence-corrected chi connectivity index (χ1v) is 9.15. The van der Waals surface area contributed by atoms with E-state index in [1.807, 2.05) is 57.2 Å². The summed E-state index contributed by atoms with van der Waals surface area (Å²) in [6, 6.07) is 11.4. The zero-order valence-electron chi connectivity index (χ0n) is 17.0. The van der Waals surface area contributed by atoms with Crippen LogP contribution in [0.25, 0.3) is 0 Å². The number of aryl methyl sites for hydroxylation is 2. The molecule has 0 unspecified atom stereocenters. The van der Waals surface area contributed by atoms with Gasteiger partial charge in [-0.3, -0.25) is 4.79 Å². The van der Waals surface area contributed by atoms with E-state index >= 15 is 0 Å². The first-order valence-electron chi connectivity index (χ1n) is 9.15. The minimum absolute atomic E-state index is 0.136. The maximum atomic E-state index is 12.6. The summed E-state index contributed by atoms with van der Waals surface area (Å²) in [6.45, 7) is 7.85. The highest BCUT2D eigenvalue weighted by atomic mass is 16.5. The van der Waals surface area contributed by atoms with Crippen molar-refractivity contribution in [3.63, 3.8) is 0 Å². The number of hydrogen-bond acceptors (Lipinski definition) is 4. The highest BCUT2D eigenvalue weighted by Crippen LogP contribution is 2.31. The fourth-order valence-electron chi connectivity index (χ4n) is 2.82. The first kappa shape index (κ1) is 20.6. The lowest BCUT2D eigenvalue weighted by molar-refractivity contribution is -0.128. The molecular weight excluding hydrogens is 342 g/mol. The standard InChI is InChI=1S/C22H29NO4/c1-7-19(17-9-11-20(25-5)21(13-17)26-6)23-22(24)16(4)27-18-10-8-14(2)15(3)12-18/h8-13,16,19H,7H2,1-6H3,(H,23,24)/t16-,19-/m0/s1. The summed E-state index contributed by atoms with van der Waals surface area (Å²) in [6.07, 6.45) is 0.152. The van der Waals surface area contributed by atoms with Gasteiger partial charge < -0.3 is 19.5 Å². The summed E-state index contributed by atoms with van der Waals surface area (Å²) in [5.41, 5.74) is 3.29. The van der Waals surface area contributed by atoms with Crippen molar-refractivity contribution >= 4 is 5.91 Å². The third kappa shape index (κ3) is 5.16. The van der Waals surface area contributed by atoms with E-state index in [0.717, 1.165) is 17.5 Å². The Morgan fingerprint density at radius 3 is 2.30 bits per heavy atom. The van der Waals surface area contributed by atoms with E-state index in [9.17, 15) is 4.79 Å². The number of carbonyl (C=O) groups excluding carboxylic acids is 1. The molecule has 0 heterocycles. The number of nitrogens with one attached hydrogen (secondary N) is 1. The van der Waals surface area contributed by atoms with Crippen molar-refractivity contribution in [3.8, 4) is 17.2 Å². The average Bonchev–Trinajstić information content (AvgIpc) is 2.68. The molecule has 1 N–H and O–H groups in total. The van der Waals surface area contributed by atoms with Crippen LogP contribution in [0.3, 0.4) is 0 Å². The van der Waals surface area contributed by atoms with Gasteiger partial charge >= 0.3 is 0 Å². The molecule has 0 saturated carbocycles. The zero-order valence-corrected chi connectivity index (χ0v) is 17.0. The Hall–Kier alpha value is -2.69. The van der Waals surface area contributed by atoms with Crippen LogP contribution in [-0.2, 0) is 4.79 Å². The topological polar surface area (TPSA) is 56.8 Å². The van der Waals surface area contributed by atoms with Crippen molar-refractivity contribution < 1.29 is 19.0 Å². The number of methoxy groups -OCH3 is 2. The highest BCUT2D eigenvalue weighted by molar-refractivity contribution is 5.81. The predicted octanol–water partition coefficient (Wildman–Crippen LogP) is 4.36. The Morgan fingerprint density at radius 2 is 1.70 bits per heavy atom. The van der Waals surface area contributed by atoms with Gasteiger partial charge in [0.15, 0.2) is 17.6 Å². The molecule has 0 spiro atoms. The number of carbonyl (C=O) groups is 1. The molecule has 27 heavy (non-hydrogen) atoms. The van der Waals surface area contributed by atoms with Crippen molar-refractivity contribution in [1.82, 2.24) is 5.32 Å². The molecule has 0 aliphatic rings. The molecule has 146 valence electrons. The quantitative estimate of drug-likeness (QED) is 0.749. The largest absolute Gasteiger partial charge is 0.493 e.